The summed E-state index contributed by atoms with van der Waals surface area (Å²) in [7, 11) is -2.04. The van der Waals surface area contributed by atoms with E-state index in [9.17, 15) is 18.0 Å². The van der Waals surface area contributed by atoms with Crippen LogP contribution < -0.4 is 15.0 Å². The number of carbonyl (C=O) groups excluding carboxylic acids is 2. The zero-order valence-electron chi connectivity index (χ0n) is 15.1. The molecule has 3 rings (SSSR count). The van der Waals surface area contributed by atoms with Crippen molar-refractivity contribution in [2.75, 3.05) is 29.6 Å². The van der Waals surface area contributed by atoms with Gasteiger partial charge in [0.05, 0.1) is 16.3 Å². The van der Waals surface area contributed by atoms with E-state index in [1.807, 2.05) is 25.1 Å². The number of sulfone groups is 1. The van der Waals surface area contributed by atoms with Crippen molar-refractivity contribution in [3.05, 3.63) is 48.0 Å². The molecule has 1 N–H and O–H groups in total. The van der Waals surface area contributed by atoms with Crippen LogP contribution >= 0.6 is 0 Å². The molecule has 0 atom stereocenters. The van der Waals surface area contributed by atoms with Gasteiger partial charge in [0.15, 0.2) is 16.4 Å². The Hall–Kier alpha value is -2.87. The molecule has 0 aliphatic carbocycles. The van der Waals surface area contributed by atoms with Crippen molar-refractivity contribution in [1.82, 2.24) is 0 Å². The lowest BCUT2D eigenvalue weighted by molar-refractivity contribution is -0.119. The molecule has 27 heavy (non-hydrogen) atoms. The van der Waals surface area contributed by atoms with Gasteiger partial charge in [0, 0.05) is 25.2 Å². The Labute approximate surface area is 157 Å². The average Bonchev–Trinajstić information content (AvgIpc) is 2.65. The molecule has 0 saturated carbocycles. The van der Waals surface area contributed by atoms with Gasteiger partial charge in [-0.05, 0) is 36.8 Å². The van der Waals surface area contributed by atoms with Crippen LogP contribution in [0.4, 0.5) is 11.4 Å². The summed E-state index contributed by atoms with van der Waals surface area (Å²) in [5.74, 6) is -0.583. The van der Waals surface area contributed by atoms with E-state index in [2.05, 4.69) is 5.32 Å². The number of ether oxygens (including phenoxy) is 1. The smallest absolute Gasteiger partial charge is 0.262 e. The molecule has 1 heterocycles. The fourth-order valence-corrected chi connectivity index (χ4v) is 3.98. The highest BCUT2D eigenvalue weighted by Crippen LogP contribution is 2.30. The number of anilines is 2. The number of carbonyl (C=O) groups is 2. The second-order valence-corrected chi connectivity index (χ2v) is 8.46. The Morgan fingerprint density at radius 1 is 1.22 bits per heavy atom. The van der Waals surface area contributed by atoms with Crippen LogP contribution in [0.5, 0.6) is 5.75 Å². The first-order chi connectivity index (χ1) is 12.8. The van der Waals surface area contributed by atoms with Gasteiger partial charge in [-0.25, -0.2) is 8.42 Å². The normalized spacial score (nSPS) is 13.3. The van der Waals surface area contributed by atoms with Gasteiger partial charge in [-0.1, -0.05) is 12.1 Å². The monoisotopic (exact) mass is 388 g/mol. The van der Waals surface area contributed by atoms with Crippen LogP contribution in [0.3, 0.4) is 0 Å². The Morgan fingerprint density at radius 3 is 2.74 bits per heavy atom. The first-order valence-electron chi connectivity index (χ1n) is 8.39. The van der Waals surface area contributed by atoms with Crippen molar-refractivity contribution >= 4 is 33.0 Å². The number of nitrogens with one attached hydrogen (secondary N) is 1. The molecular formula is C19H20N2O5S. The maximum atomic E-state index is 12.6. The highest BCUT2D eigenvalue weighted by molar-refractivity contribution is 7.91. The molecule has 0 saturated heterocycles. The lowest BCUT2D eigenvalue weighted by Gasteiger charge is -2.19. The standard InChI is InChI=1S/C19H20N2O5S/c1-13-4-3-5-14(10-13)21(2)19(23)8-9-27(24,25)15-6-7-16-17(11-15)26-12-18(22)20-16/h3-7,10-11H,8-9,12H2,1-2H3,(H,20,22). The Morgan fingerprint density at radius 2 is 2.00 bits per heavy atom. The van der Waals surface area contributed by atoms with E-state index >= 15 is 0 Å². The maximum absolute atomic E-state index is 12.6. The van der Waals surface area contributed by atoms with Crippen molar-refractivity contribution in [2.45, 2.75) is 18.2 Å². The van der Waals surface area contributed by atoms with E-state index < -0.39 is 9.84 Å². The molecule has 1 aliphatic heterocycles. The summed E-state index contributed by atoms with van der Waals surface area (Å²) in [5, 5.41) is 2.61. The number of hydrogen-bond donors (Lipinski definition) is 1. The molecule has 8 heteroatoms. The van der Waals surface area contributed by atoms with Crippen molar-refractivity contribution in [1.29, 1.82) is 0 Å². The predicted octanol–water partition coefficient (Wildman–Crippen LogP) is 2.15. The number of benzene rings is 2. The van der Waals surface area contributed by atoms with Gasteiger partial charge in [-0.15, -0.1) is 0 Å². The minimum Gasteiger partial charge on any atom is -0.482 e. The molecule has 7 nitrogen and oxygen atoms in total. The van der Waals surface area contributed by atoms with Gasteiger partial charge < -0.3 is 15.0 Å². The highest BCUT2D eigenvalue weighted by Gasteiger charge is 2.22. The van der Waals surface area contributed by atoms with Crippen LogP contribution in [-0.4, -0.2) is 39.6 Å². The summed E-state index contributed by atoms with van der Waals surface area (Å²) < 4.78 is 30.4. The second-order valence-electron chi connectivity index (χ2n) is 6.36. The van der Waals surface area contributed by atoms with Crippen molar-refractivity contribution in [3.63, 3.8) is 0 Å². The minimum absolute atomic E-state index is 0.0587. The number of amides is 2. The molecule has 0 fully saturated rings. The van der Waals surface area contributed by atoms with E-state index in [1.165, 1.54) is 23.1 Å². The van der Waals surface area contributed by atoms with Gasteiger partial charge in [0.1, 0.15) is 5.75 Å². The zero-order valence-corrected chi connectivity index (χ0v) is 15.9. The largest absolute Gasteiger partial charge is 0.482 e. The van der Waals surface area contributed by atoms with E-state index in [-0.39, 0.29) is 35.5 Å². The first kappa shape index (κ1) is 18.9. The molecule has 2 aromatic rings. The van der Waals surface area contributed by atoms with Crippen molar-refractivity contribution < 1.29 is 22.7 Å². The van der Waals surface area contributed by atoms with Gasteiger partial charge >= 0.3 is 0 Å². The number of hydrogen-bond acceptors (Lipinski definition) is 5. The molecule has 2 amide bonds. The van der Waals surface area contributed by atoms with Crippen LogP contribution in [0.25, 0.3) is 0 Å². The Bertz CT molecular complexity index is 1000. The third-order valence-electron chi connectivity index (χ3n) is 4.29. The maximum Gasteiger partial charge on any atom is 0.262 e. The first-order valence-corrected chi connectivity index (χ1v) is 10.0. The van der Waals surface area contributed by atoms with Crippen molar-refractivity contribution in [2.24, 2.45) is 0 Å². The molecule has 142 valence electrons. The lowest BCUT2D eigenvalue weighted by atomic mass is 10.2. The van der Waals surface area contributed by atoms with Crippen LogP contribution in [0.15, 0.2) is 47.4 Å². The zero-order chi connectivity index (χ0) is 19.6. The number of aryl methyl sites for hydroxylation is 1. The summed E-state index contributed by atoms with van der Waals surface area (Å²) in [5.41, 5.74) is 2.16. The SMILES string of the molecule is Cc1cccc(N(C)C(=O)CCS(=O)(=O)c2ccc3c(c2)OCC(=O)N3)c1. The van der Waals surface area contributed by atoms with E-state index in [0.717, 1.165) is 11.3 Å². The van der Waals surface area contributed by atoms with E-state index in [0.29, 0.717) is 11.4 Å². The number of fused-ring (bicyclic) bond motifs is 1. The Kier molecular flexibility index (Phi) is 5.18. The highest BCUT2D eigenvalue weighted by atomic mass is 32.2. The van der Waals surface area contributed by atoms with Crippen molar-refractivity contribution in [3.8, 4) is 5.75 Å². The van der Waals surface area contributed by atoms with Gasteiger partial charge in [-0.2, -0.15) is 0 Å². The summed E-state index contributed by atoms with van der Waals surface area (Å²) >= 11 is 0. The topological polar surface area (TPSA) is 92.8 Å². The van der Waals surface area contributed by atoms with Gasteiger partial charge in [-0.3, -0.25) is 9.59 Å². The molecule has 2 aromatic carbocycles. The molecule has 0 aromatic heterocycles. The van der Waals surface area contributed by atoms with Gasteiger partial charge in [0.25, 0.3) is 5.91 Å². The molecular weight excluding hydrogens is 368 g/mol. The summed E-state index contributed by atoms with van der Waals surface area (Å²) in [4.78, 5) is 25.2. The second kappa shape index (κ2) is 7.40. The summed E-state index contributed by atoms with van der Waals surface area (Å²) in [6.07, 6.45) is -0.137. The van der Waals surface area contributed by atoms with Crippen LogP contribution in [0.1, 0.15) is 12.0 Å². The minimum atomic E-state index is -3.67. The molecule has 0 spiro atoms. The number of rotatable bonds is 5. The third kappa shape index (κ3) is 4.28. The predicted molar refractivity (Wildman–Crippen MR) is 102 cm³/mol. The summed E-state index contributed by atoms with van der Waals surface area (Å²) in [6.45, 7) is 1.77. The summed E-state index contributed by atoms with van der Waals surface area (Å²) in [6, 6.07) is 11.7. The van der Waals surface area contributed by atoms with Gasteiger partial charge in [0.2, 0.25) is 5.91 Å². The number of nitrogens with zero attached hydrogens (tertiary/aromatic N) is 1. The molecule has 0 radical (unpaired) electrons. The fourth-order valence-electron chi connectivity index (χ4n) is 2.74. The van der Waals surface area contributed by atoms with E-state index in [1.54, 1.807) is 13.1 Å². The quantitative estimate of drug-likeness (QED) is 0.847. The average molecular weight is 388 g/mol. The lowest BCUT2D eigenvalue weighted by Crippen LogP contribution is -2.28. The molecule has 0 unspecified atom stereocenters. The van der Waals surface area contributed by atoms with Crippen LogP contribution in [0, 0.1) is 6.92 Å². The Balaban J connectivity index is 1.70. The van der Waals surface area contributed by atoms with E-state index in [4.69, 9.17) is 4.74 Å². The fraction of sp³-hybridized carbons (Fsp3) is 0.263. The van der Waals surface area contributed by atoms with Crippen LogP contribution in [-0.2, 0) is 19.4 Å². The molecule has 0 bridgehead atoms. The third-order valence-corrected chi connectivity index (χ3v) is 6.01. The van der Waals surface area contributed by atoms with Crippen LogP contribution in [0.2, 0.25) is 0 Å². The molecule has 1 aliphatic rings.